The van der Waals surface area contributed by atoms with Gasteiger partial charge in [-0.1, -0.05) is 20.8 Å². The van der Waals surface area contributed by atoms with Crippen LogP contribution in [-0.4, -0.2) is 18.4 Å². The lowest BCUT2D eigenvalue weighted by Crippen LogP contribution is -2.38. The van der Waals surface area contributed by atoms with Gasteiger partial charge in [0.05, 0.1) is 6.10 Å². The van der Waals surface area contributed by atoms with E-state index in [1.54, 1.807) is 0 Å². The molecule has 98 valence electrons. The van der Waals surface area contributed by atoms with E-state index in [0.717, 1.165) is 12.8 Å². The lowest BCUT2D eigenvalue weighted by atomic mass is 9.70. The molecule has 2 rings (SSSR count). The predicted octanol–water partition coefficient (Wildman–Crippen LogP) is 3.76. The fraction of sp³-hybridized carbons (Fsp3) is 0.929. The van der Waals surface area contributed by atoms with Crippen molar-refractivity contribution in [2.45, 2.75) is 66.1 Å². The molecule has 0 aromatic carbocycles. The molecule has 0 heterocycles. The van der Waals surface area contributed by atoms with E-state index in [9.17, 15) is 4.79 Å². The van der Waals surface area contributed by atoms with E-state index in [1.807, 2.05) is 13.8 Å². The lowest BCUT2D eigenvalue weighted by molar-refractivity contribution is -0.0463. The Bertz CT molecular complexity index is 321. The number of rotatable bonds is 2. The molecule has 2 aliphatic carbocycles. The summed E-state index contributed by atoms with van der Waals surface area (Å²) in [5, 5.41) is 0. The van der Waals surface area contributed by atoms with E-state index >= 15 is 0 Å². The minimum absolute atomic E-state index is 0.0301. The van der Waals surface area contributed by atoms with Gasteiger partial charge in [0.2, 0.25) is 0 Å². The van der Waals surface area contributed by atoms with E-state index in [1.165, 1.54) is 6.42 Å². The molecule has 0 aromatic heterocycles. The number of hydrogen-bond acceptors (Lipinski definition) is 3. The van der Waals surface area contributed by atoms with Gasteiger partial charge in [-0.2, -0.15) is 0 Å². The Morgan fingerprint density at radius 1 is 1.29 bits per heavy atom. The summed E-state index contributed by atoms with van der Waals surface area (Å²) in [4.78, 5) is 11.6. The van der Waals surface area contributed by atoms with Gasteiger partial charge in [0.25, 0.3) is 0 Å². The maximum absolute atomic E-state index is 11.6. The van der Waals surface area contributed by atoms with Crippen molar-refractivity contribution in [2.24, 2.45) is 16.7 Å². The Morgan fingerprint density at radius 3 is 2.35 bits per heavy atom. The number of fused-ring (bicyclic) bond motifs is 2. The third-order valence-electron chi connectivity index (χ3n) is 5.28. The second-order valence-corrected chi connectivity index (χ2v) is 6.63. The maximum Gasteiger partial charge on any atom is 0.508 e. The zero-order valence-electron chi connectivity index (χ0n) is 11.6. The van der Waals surface area contributed by atoms with Crippen molar-refractivity contribution in [2.75, 3.05) is 0 Å². The Morgan fingerprint density at radius 2 is 1.94 bits per heavy atom. The average molecular weight is 240 g/mol. The van der Waals surface area contributed by atoms with Crippen LogP contribution in [0.15, 0.2) is 0 Å². The van der Waals surface area contributed by atoms with Crippen LogP contribution in [0.1, 0.15) is 53.9 Å². The van der Waals surface area contributed by atoms with Crippen LogP contribution in [0.5, 0.6) is 0 Å². The first-order valence-electron chi connectivity index (χ1n) is 6.64. The smallest absolute Gasteiger partial charge is 0.432 e. The standard InChI is InChI=1S/C14H24O3/c1-9(2)16-12(15)17-11-8-10-6-7-14(11,5)13(10,3)4/h9-11H,6-8H2,1-5H3. The summed E-state index contributed by atoms with van der Waals surface area (Å²) in [6.07, 6.45) is 2.84. The van der Waals surface area contributed by atoms with Gasteiger partial charge in [-0.15, -0.1) is 0 Å². The van der Waals surface area contributed by atoms with Crippen molar-refractivity contribution in [3.05, 3.63) is 0 Å². The fourth-order valence-electron chi connectivity index (χ4n) is 3.64. The van der Waals surface area contributed by atoms with Crippen molar-refractivity contribution >= 4 is 6.16 Å². The van der Waals surface area contributed by atoms with Gasteiger partial charge < -0.3 is 9.47 Å². The van der Waals surface area contributed by atoms with Crippen molar-refractivity contribution in [1.29, 1.82) is 0 Å². The minimum atomic E-state index is -0.505. The Labute approximate surface area is 104 Å². The summed E-state index contributed by atoms with van der Waals surface area (Å²) in [7, 11) is 0. The summed E-state index contributed by atoms with van der Waals surface area (Å²) in [6, 6.07) is 0. The molecule has 3 unspecified atom stereocenters. The topological polar surface area (TPSA) is 35.5 Å². The third kappa shape index (κ3) is 1.84. The molecule has 3 nitrogen and oxygen atoms in total. The van der Waals surface area contributed by atoms with Crippen LogP contribution in [-0.2, 0) is 9.47 Å². The molecule has 3 atom stereocenters. The highest BCUT2D eigenvalue weighted by atomic mass is 16.7. The highest BCUT2D eigenvalue weighted by Gasteiger charge is 2.63. The van der Waals surface area contributed by atoms with E-state index < -0.39 is 6.16 Å². The van der Waals surface area contributed by atoms with Crippen molar-refractivity contribution in [1.82, 2.24) is 0 Å². The van der Waals surface area contributed by atoms with E-state index in [-0.39, 0.29) is 23.0 Å². The number of carbonyl (C=O) groups is 1. The van der Waals surface area contributed by atoms with Gasteiger partial charge in [-0.3, -0.25) is 0 Å². The lowest BCUT2D eigenvalue weighted by Gasteiger charge is -2.38. The monoisotopic (exact) mass is 240 g/mol. The molecular formula is C14H24O3. The molecule has 2 bridgehead atoms. The number of hydrogen-bond donors (Lipinski definition) is 0. The molecule has 0 N–H and O–H groups in total. The summed E-state index contributed by atoms with van der Waals surface area (Å²) in [5.74, 6) is 0.685. The first-order valence-corrected chi connectivity index (χ1v) is 6.64. The Hall–Kier alpha value is -0.730. The van der Waals surface area contributed by atoms with Crippen molar-refractivity contribution in [3.63, 3.8) is 0 Å². The average Bonchev–Trinajstić information content (AvgIpc) is 2.49. The van der Waals surface area contributed by atoms with Gasteiger partial charge in [0.15, 0.2) is 0 Å². The third-order valence-corrected chi connectivity index (χ3v) is 5.28. The molecule has 0 radical (unpaired) electrons. The zero-order valence-corrected chi connectivity index (χ0v) is 11.6. The molecule has 3 heteroatoms. The normalized spacial score (nSPS) is 38.5. The molecule has 17 heavy (non-hydrogen) atoms. The summed E-state index contributed by atoms with van der Waals surface area (Å²) in [5.41, 5.74) is 0.392. The molecule has 0 amide bonds. The Kier molecular flexibility index (Phi) is 2.91. The maximum atomic E-state index is 11.6. The molecule has 2 fully saturated rings. The predicted molar refractivity (Wildman–Crippen MR) is 65.7 cm³/mol. The summed E-state index contributed by atoms with van der Waals surface area (Å²) >= 11 is 0. The Balaban J connectivity index is 2.03. The van der Waals surface area contributed by atoms with Crippen LogP contribution in [0.4, 0.5) is 4.79 Å². The minimum Gasteiger partial charge on any atom is -0.432 e. The van der Waals surface area contributed by atoms with E-state index in [0.29, 0.717) is 5.92 Å². The van der Waals surface area contributed by atoms with Gasteiger partial charge in [0.1, 0.15) is 6.10 Å². The molecular weight excluding hydrogens is 216 g/mol. The van der Waals surface area contributed by atoms with Crippen LogP contribution in [0.25, 0.3) is 0 Å². The van der Waals surface area contributed by atoms with E-state index in [2.05, 4.69) is 20.8 Å². The molecule has 0 aromatic rings. The van der Waals surface area contributed by atoms with Crippen LogP contribution in [0, 0.1) is 16.7 Å². The number of ether oxygens (including phenoxy) is 2. The zero-order chi connectivity index (χ0) is 12.8. The molecule has 2 aliphatic rings. The second kappa shape index (κ2) is 3.89. The highest BCUT2D eigenvalue weighted by Crippen LogP contribution is 2.66. The second-order valence-electron chi connectivity index (χ2n) is 6.63. The largest absolute Gasteiger partial charge is 0.508 e. The molecule has 0 saturated heterocycles. The van der Waals surface area contributed by atoms with Crippen LogP contribution < -0.4 is 0 Å². The van der Waals surface area contributed by atoms with Gasteiger partial charge in [-0.05, 0) is 44.4 Å². The molecule has 0 aliphatic heterocycles. The molecule has 0 spiro atoms. The quantitative estimate of drug-likeness (QED) is 0.689. The molecule has 2 saturated carbocycles. The summed E-state index contributed by atoms with van der Waals surface area (Å²) < 4.78 is 10.6. The van der Waals surface area contributed by atoms with Gasteiger partial charge in [0, 0.05) is 5.41 Å². The first-order chi connectivity index (χ1) is 7.77. The number of carbonyl (C=O) groups excluding carboxylic acids is 1. The van der Waals surface area contributed by atoms with Crippen LogP contribution in [0.3, 0.4) is 0 Å². The van der Waals surface area contributed by atoms with E-state index in [4.69, 9.17) is 9.47 Å². The fourth-order valence-corrected chi connectivity index (χ4v) is 3.64. The highest BCUT2D eigenvalue weighted by molar-refractivity contribution is 5.60. The SMILES string of the molecule is CC(C)OC(=O)OC1CC2CCC1(C)C2(C)C. The van der Waals surface area contributed by atoms with Crippen molar-refractivity contribution in [3.8, 4) is 0 Å². The van der Waals surface area contributed by atoms with Gasteiger partial charge >= 0.3 is 6.16 Å². The first kappa shape index (κ1) is 12.7. The van der Waals surface area contributed by atoms with Crippen LogP contribution in [0.2, 0.25) is 0 Å². The van der Waals surface area contributed by atoms with Gasteiger partial charge in [-0.25, -0.2) is 4.79 Å². The van der Waals surface area contributed by atoms with Crippen molar-refractivity contribution < 1.29 is 14.3 Å². The summed E-state index contributed by atoms with van der Waals surface area (Å²) in [6.45, 7) is 10.6. The van der Waals surface area contributed by atoms with Crippen LogP contribution >= 0.6 is 0 Å².